The molecule has 0 spiro atoms. The van der Waals surface area contributed by atoms with E-state index in [0.29, 0.717) is 34.5 Å². The Labute approximate surface area is 161 Å². The van der Waals surface area contributed by atoms with E-state index in [1.807, 2.05) is 0 Å². The third-order valence-corrected chi connectivity index (χ3v) is 4.90. The highest BCUT2D eigenvalue weighted by molar-refractivity contribution is 6.31. The van der Waals surface area contributed by atoms with Gasteiger partial charge in [0.2, 0.25) is 5.95 Å². The number of anilines is 3. The number of benzene rings is 1. The van der Waals surface area contributed by atoms with Crippen LogP contribution in [0.3, 0.4) is 0 Å². The van der Waals surface area contributed by atoms with Gasteiger partial charge in [0.15, 0.2) is 5.82 Å². The van der Waals surface area contributed by atoms with Crippen molar-refractivity contribution >= 4 is 40.1 Å². The number of fused-ring (bicyclic) bond motifs is 1. The van der Waals surface area contributed by atoms with Gasteiger partial charge in [0.25, 0.3) is 0 Å². The molecule has 4 rings (SSSR count). The summed E-state index contributed by atoms with van der Waals surface area (Å²) >= 11 is 5.83. The Morgan fingerprint density at radius 3 is 2.78 bits per heavy atom. The van der Waals surface area contributed by atoms with Crippen molar-refractivity contribution in [3.8, 4) is 0 Å². The molecule has 9 heteroatoms. The second kappa shape index (κ2) is 7.58. The molecule has 27 heavy (non-hydrogen) atoms. The highest BCUT2D eigenvalue weighted by Gasteiger charge is 2.18. The van der Waals surface area contributed by atoms with E-state index in [4.69, 9.17) is 11.6 Å². The molecule has 1 saturated heterocycles. The highest BCUT2D eigenvalue weighted by Crippen LogP contribution is 2.24. The molecule has 1 aliphatic heterocycles. The summed E-state index contributed by atoms with van der Waals surface area (Å²) in [6, 6.07) is 4.71. The number of hydrogen-bond donors (Lipinski definition) is 2. The van der Waals surface area contributed by atoms with Crippen molar-refractivity contribution in [2.75, 3.05) is 30.8 Å². The molecule has 0 bridgehead atoms. The van der Waals surface area contributed by atoms with E-state index in [1.54, 1.807) is 12.3 Å². The molecule has 7 nitrogen and oxygen atoms in total. The van der Waals surface area contributed by atoms with Crippen LogP contribution in [0.2, 0.25) is 5.02 Å². The number of aromatic nitrogens is 4. The first kappa shape index (κ1) is 17.8. The molecule has 0 atom stereocenters. The van der Waals surface area contributed by atoms with E-state index in [0.717, 1.165) is 25.9 Å². The number of hydrogen-bond acceptors (Lipinski definition) is 7. The van der Waals surface area contributed by atoms with Gasteiger partial charge < -0.3 is 15.5 Å². The number of likely N-dealkylation sites (tertiary alicyclic amines) is 1. The molecule has 0 saturated carbocycles. The first-order valence-electron chi connectivity index (χ1n) is 8.73. The summed E-state index contributed by atoms with van der Waals surface area (Å²) in [5.41, 5.74) is 1.90. The normalized spacial score (nSPS) is 15.8. The van der Waals surface area contributed by atoms with Gasteiger partial charge in [-0.05, 0) is 51.2 Å². The molecule has 0 radical (unpaired) electrons. The second-order valence-electron chi connectivity index (χ2n) is 6.63. The molecule has 0 unspecified atom stereocenters. The zero-order valence-corrected chi connectivity index (χ0v) is 15.5. The molecular weight excluding hydrogens is 369 g/mol. The van der Waals surface area contributed by atoms with Crippen LogP contribution in [-0.4, -0.2) is 51.0 Å². The van der Waals surface area contributed by atoms with Crippen molar-refractivity contribution in [2.45, 2.75) is 18.9 Å². The van der Waals surface area contributed by atoms with Crippen LogP contribution in [0.4, 0.5) is 21.8 Å². The van der Waals surface area contributed by atoms with Crippen molar-refractivity contribution in [2.24, 2.45) is 0 Å². The summed E-state index contributed by atoms with van der Waals surface area (Å²) in [7, 11) is 2.13. The maximum Gasteiger partial charge on any atom is 0.227 e. The number of halogens is 2. The van der Waals surface area contributed by atoms with Crippen LogP contribution in [0.1, 0.15) is 12.8 Å². The molecule has 1 aliphatic rings. The standard InChI is InChI=1S/C18H19ClFN7/c1-27-6-4-11(5-7-27)24-17-16-15(22-10-23-17)9-21-18(26-16)25-12-2-3-14(20)13(19)8-12/h2-3,8-11H,4-7H2,1H3,(H,21,25,26)(H,22,23,24). The fourth-order valence-electron chi connectivity index (χ4n) is 3.07. The van der Waals surface area contributed by atoms with Gasteiger partial charge in [0.1, 0.15) is 23.2 Å². The van der Waals surface area contributed by atoms with Crippen LogP contribution < -0.4 is 10.6 Å². The predicted molar refractivity (Wildman–Crippen MR) is 104 cm³/mol. The van der Waals surface area contributed by atoms with Crippen LogP contribution in [0.25, 0.3) is 11.0 Å². The summed E-state index contributed by atoms with van der Waals surface area (Å²) in [6.45, 7) is 2.10. The lowest BCUT2D eigenvalue weighted by Crippen LogP contribution is -2.37. The van der Waals surface area contributed by atoms with Gasteiger partial charge in [-0.1, -0.05) is 11.6 Å². The smallest absolute Gasteiger partial charge is 0.227 e. The lowest BCUT2D eigenvalue weighted by molar-refractivity contribution is 0.263. The quantitative estimate of drug-likeness (QED) is 0.709. The summed E-state index contributed by atoms with van der Waals surface area (Å²) in [6.07, 6.45) is 5.24. The Morgan fingerprint density at radius 1 is 1.19 bits per heavy atom. The Morgan fingerprint density at radius 2 is 2.00 bits per heavy atom. The number of piperidine rings is 1. The van der Waals surface area contributed by atoms with Crippen molar-refractivity contribution in [1.82, 2.24) is 24.8 Å². The second-order valence-corrected chi connectivity index (χ2v) is 7.03. The number of nitrogens with one attached hydrogen (secondary N) is 2. The average molecular weight is 388 g/mol. The van der Waals surface area contributed by atoms with Crippen molar-refractivity contribution in [1.29, 1.82) is 0 Å². The van der Waals surface area contributed by atoms with E-state index >= 15 is 0 Å². The first-order chi connectivity index (χ1) is 13.1. The molecular formula is C18H19ClFN7. The number of nitrogens with zero attached hydrogens (tertiary/aromatic N) is 5. The Kier molecular flexibility index (Phi) is 5.00. The third-order valence-electron chi connectivity index (χ3n) is 4.61. The fraction of sp³-hybridized carbons (Fsp3) is 0.333. The molecule has 1 aromatic carbocycles. The number of rotatable bonds is 4. The predicted octanol–water partition coefficient (Wildman–Crippen LogP) is 3.46. The van der Waals surface area contributed by atoms with Crippen LogP contribution in [0.15, 0.2) is 30.7 Å². The summed E-state index contributed by atoms with van der Waals surface area (Å²) in [4.78, 5) is 19.7. The summed E-state index contributed by atoms with van der Waals surface area (Å²) in [5, 5.41) is 6.56. The molecule has 140 valence electrons. The van der Waals surface area contributed by atoms with Crippen LogP contribution in [0, 0.1) is 5.82 Å². The highest BCUT2D eigenvalue weighted by atomic mass is 35.5. The molecule has 3 heterocycles. The Balaban J connectivity index is 1.59. The molecule has 3 aromatic rings. The van der Waals surface area contributed by atoms with Crippen LogP contribution in [0.5, 0.6) is 0 Å². The van der Waals surface area contributed by atoms with E-state index < -0.39 is 5.82 Å². The zero-order chi connectivity index (χ0) is 18.8. The minimum absolute atomic E-state index is 0.0359. The van der Waals surface area contributed by atoms with Gasteiger partial charge in [0, 0.05) is 11.7 Å². The SMILES string of the molecule is CN1CCC(Nc2ncnc3cnc(Nc4ccc(F)c(Cl)c4)nc23)CC1. The molecule has 2 aromatic heterocycles. The van der Waals surface area contributed by atoms with E-state index in [2.05, 4.69) is 42.5 Å². The van der Waals surface area contributed by atoms with Crippen molar-refractivity contribution in [3.05, 3.63) is 41.6 Å². The topological polar surface area (TPSA) is 78.9 Å². The zero-order valence-electron chi connectivity index (χ0n) is 14.8. The fourth-order valence-corrected chi connectivity index (χ4v) is 3.25. The van der Waals surface area contributed by atoms with Gasteiger partial charge in [-0.2, -0.15) is 0 Å². The third kappa shape index (κ3) is 4.06. The van der Waals surface area contributed by atoms with Gasteiger partial charge in [-0.15, -0.1) is 0 Å². The maximum atomic E-state index is 13.3. The molecule has 0 aliphatic carbocycles. The Hall–Kier alpha value is -2.58. The van der Waals surface area contributed by atoms with Crippen molar-refractivity contribution < 1.29 is 4.39 Å². The van der Waals surface area contributed by atoms with Crippen molar-refractivity contribution in [3.63, 3.8) is 0 Å². The van der Waals surface area contributed by atoms with Crippen LogP contribution >= 0.6 is 11.6 Å². The summed E-state index contributed by atoms with van der Waals surface area (Å²) < 4.78 is 13.3. The molecule has 2 N–H and O–H groups in total. The van der Waals surface area contributed by atoms with Gasteiger partial charge in [-0.25, -0.2) is 24.3 Å². The maximum absolute atomic E-state index is 13.3. The van der Waals surface area contributed by atoms with Crippen LogP contribution in [-0.2, 0) is 0 Å². The minimum Gasteiger partial charge on any atom is -0.365 e. The van der Waals surface area contributed by atoms with Gasteiger partial charge >= 0.3 is 0 Å². The molecule has 0 amide bonds. The average Bonchev–Trinajstić information content (AvgIpc) is 2.67. The summed E-state index contributed by atoms with van der Waals surface area (Å²) in [5.74, 6) is 0.586. The molecule has 1 fully saturated rings. The lowest BCUT2D eigenvalue weighted by atomic mass is 10.1. The van der Waals surface area contributed by atoms with Gasteiger partial charge in [0.05, 0.1) is 11.2 Å². The van der Waals surface area contributed by atoms with E-state index in [1.165, 1.54) is 18.5 Å². The first-order valence-corrected chi connectivity index (χ1v) is 9.11. The van der Waals surface area contributed by atoms with E-state index in [-0.39, 0.29) is 5.02 Å². The van der Waals surface area contributed by atoms with E-state index in [9.17, 15) is 4.39 Å². The lowest BCUT2D eigenvalue weighted by Gasteiger charge is -2.29. The Bertz CT molecular complexity index is 960. The largest absolute Gasteiger partial charge is 0.365 e. The monoisotopic (exact) mass is 387 g/mol. The minimum atomic E-state index is -0.473. The van der Waals surface area contributed by atoms with Gasteiger partial charge in [-0.3, -0.25) is 0 Å².